The summed E-state index contributed by atoms with van der Waals surface area (Å²) in [5, 5.41) is 16.6. The molecule has 224 valence electrons. The fourth-order valence-corrected chi connectivity index (χ4v) is 5.95. The molecule has 2 heterocycles. The number of aliphatic carboxylic acids is 1. The second-order valence-electron chi connectivity index (χ2n) is 11.2. The van der Waals surface area contributed by atoms with Crippen molar-refractivity contribution in [1.29, 1.82) is 0 Å². The lowest BCUT2D eigenvalue weighted by molar-refractivity contribution is -0.142. The number of carbonyl (C=O) groups excluding carboxylic acids is 1. The predicted octanol–water partition coefficient (Wildman–Crippen LogP) is 4.45. The van der Waals surface area contributed by atoms with Gasteiger partial charge >= 0.3 is 5.97 Å². The summed E-state index contributed by atoms with van der Waals surface area (Å²) in [6.45, 7) is 4.98. The molecule has 41 heavy (non-hydrogen) atoms. The van der Waals surface area contributed by atoms with Crippen molar-refractivity contribution >= 4 is 29.3 Å². The molecule has 2 aromatic rings. The average molecular weight is 587 g/mol. The molecule has 2 unspecified atom stereocenters. The normalized spacial score (nSPS) is 16.8. The van der Waals surface area contributed by atoms with Crippen molar-refractivity contribution in [1.82, 2.24) is 15.2 Å². The van der Waals surface area contributed by atoms with Crippen molar-refractivity contribution in [3.63, 3.8) is 0 Å². The van der Waals surface area contributed by atoms with Crippen LogP contribution < -0.4 is 15.4 Å². The van der Waals surface area contributed by atoms with Crippen LogP contribution in [0.4, 0.5) is 5.82 Å². The number of hydrogen-bond acceptors (Lipinski definition) is 7. The predicted molar refractivity (Wildman–Crippen MR) is 160 cm³/mol. The van der Waals surface area contributed by atoms with Crippen LogP contribution in [0.25, 0.3) is 0 Å². The molecule has 2 atom stereocenters. The number of fused-ring (bicyclic) bond motifs is 1. The molecule has 4 rings (SSSR count). The van der Waals surface area contributed by atoms with E-state index in [9.17, 15) is 14.7 Å². The number of nitrogens with one attached hydrogen (secondary N) is 2. The molecule has 0 spiro atoms. The van der Waals surface area contributed by atoms with Crippen LogP contribution in [0.5, 0.6) is 5.75 Å². The Balaban J connectivity index is 1.33. The number of carboxylic acid groups (broad SMARTS) is 1. The van der Waals surface area contributed by atoms with Gasteiger partial charge in [0.05, 0.1) is 18.6 Å². The van der Waals surface area contributed by atoms with Crippen LogP contribution in [-0.2, 0) is 32.6 Å². The molecule has 9 nitrogen and oxygen atoms in total. The molecule has 2 aliphatic rings. The first-order valence-electron chi connectivity index (χ1n) is 14.6. The second-order valence-corrected chi connectivity index (χ2v) is 11.6. The van der Waals surface area contributed by atoms with Gasteiger partial charge in [-0.05, 0) is 88.6 Å². The smallest absolute Gasteiger partial charge is 0.326 e. The third kappa shape index (κ3) is 7.90. The molecule has 10 heteroatoms. The second kappa shape index (κ2) is 14.3. The zero-order valence-corrected chi connectivity index (χ0v) is 25.1. The van der Waals surface area contributed by atoms with Crippen molar-refractivity contribution in [3.05, 3.63) is 52.2 Å². The van der Waals surface area contributed by atoms with Crippen LogP contribution in [0.1, 0.15) is 62.3 Å². The molecular weight excluding hydrogens is 544 g/mol. The monoisotopic (exact) mass is 586 g/mol. The van der Waals surface area contributed by atoms with Crippen LogP contribution in [0.3, 0.4) is 0 Å². The maximum Gasteiger partial charge on any atom is 0.326 e. The van der Waals surface area contributed by atoms with E-state index in [1.807, 2.05) is 6.92 Å². The van der Waals surface area contributed by atoms with E-state index in [-0.39, 0.29) is 18.4 Å². The molecule has 0 bridgehead atoms. The van der Waals surface area contributed by atoms with E-state index in [2.05, 4.69) is 27.7 Å². The largest absolute Gasteiger partial charge is 0.496 e. The highest BCUT2D eigenvalue weighted by atomic mass is 35.5. The SMILES string of the molecule is COc1cccc(Cl)c1C1(C(=O)NC(CCN(CCCCc2ccc3c(n2)NCCC3)CC(C)OC)C(=O)O)CC1. The zero-order valence-electron chi connectivity index (χ0n) is 24.4. The minimum atomic E-state index is -1.05. The highest BCUT2D eigenvalue weighted by Crippen LogP contribution is 2.54. The molecule has 1 aromatic heterocycles. The number of rotatable bonds is 16. The van der Waals surface area contributed by atoms with Gasteiger partial charge in [0.1, 0.15) is 17.6 Å². The summed E-state index contributed by atoms with van der Waals surface area (Å²) < 4.78 is 11.0. The number of aryl methyl sites for hydroxylation is 2. The lowest BCUT2D eigenvalue weighted by Crippen LogP contribution is -2.47. The third-order valence-corrected chi connectivity index (χ3v) is 8.54. The lowest BCUT2D eigenvalue weighted by Gasteiger charge is -2.27. The van der Waals surface area contributed by atoms with Crippen LogP contribution >= 0.6 is 11.6 Å². The van der Waals surface area contributed by atoms with Crippen molar-refractivity contribution in [2.45, 2.75) is 75.9 Å². The molecule has 3 N–H and O–H groups in total. The van der Waals surface area contributed by atoms with E-state index in [0.717, 1.165) is 56.7 Å². The summed E-state index contributed by atoms with van der Waals surface area (Å²) >= 11 is 6.47. The number of aromatic nitrogens is 1. The fraction of sp³-hybridized carbons (Fsp3) is 0.581. The first-order chi connectivity index (χ1) is 19.8. The highest BCUT2D eigenvalue weighted by molar-refractivity contribution is 6.32. The number of pyridine rings is 1. The Labute approximate surface area is 248 Å². The van der Waals surface area contributed by atoms with E-state index in [4.69, 9.17) is 26.1 Å². The Morgan fingerprint density at radius 1 is 1.20 bits per heavy atom. The van der Waals surface area contributed by atoms with Gasteiger partial charge in [-0.1, -0.05) is 23.7 Å². The van der Waals surface area contributed by atoms with Gasteiger partial charge in [-0.25, -0.2) is 9.78 Å². The first kappa shape index (κ1) is 31.1. The van der Waals surface area contributed by atoms with Gasteiger partial charge in [0.15, 0.2) is 0 Å². The van der Waals surface area contributed by atoms with Crippen molar-refractivity contribution in [3.8, 4) is 5.75 Å². The van der Waals surface area contributed by atoms with Crippen molar-refractivity contribution < 1.29 is 24.2 Å². The molecule has 0 radical (unpaired) electrons. The molecule has 1 aliphatic heterocycles. The number of amides is 1. The van der Waals surface area contributed by atoms with Gasteiger partial charge in [-0.2, -0.15) is 0 Å². The molecule has 1 saturated carbocycles. The highest BCUT2D eigenvalue weighted by Gasteiger charge is 2.54. The lowest BCUT2D eigenvalue weighted by atomic mass is 9.93. The zero-order chi connectivity index (χ0) is 29.4. The molecule has 1 aliphatic carbocycles. The minimum absolute atomic E-state index is 0.00340. The van der Waals surface area contributed by atoms with E-state index in [1.54, 1.807) is 32.4 Å². The van der Waals surface area contributed by atoms with Gasteiger partial charge in [0.25, 0.3) is 0 Å². The van der Waals surface area contributed by atoms with Crippen LogP contribution in [0, 0.1) is 0 Å². The summed E-state index contributed by atoms with van der Waals surface area (Å²) in [5.41, 5.74) is 2.15. The van der Waals surface area contributed by atoms with Crippen LogP contribution in [0.2, 0.25) is 5.02 Å². The fourth-order valence-electron chi connectivity index (χ4n) is 5.60. The molecule has 1 amide bonds. The number of ether oxygens (including phenoxy) is 2. The number of carbonyl (C=O) groups is 2. The van der Waals surface area contributed by atoms with Gasteiger partial charge in [-0.3, -0.25) is 4.79 Å². The standard InChI is InChI=1S/C31H43ClN4O5/c1-21(40-2)20-36(18-5-4-9-23-13-12-22-8-7-17-33-28(22)34-23)19-14-25(29(37)38)35-30(39)31(15-16-31)27-24(32)10-6-11-26(27)41-3/h6,10-13,21,25H,4-5,7-9,14-20H2,1-3H3,(H,33,34)(H,35,39)(H,37,38). The quantitative estimate of drug-likeness (QED) is 0.247. The third-order valence-electron chi connectivity index (χ3n) is 8.22. The molecule has 0 saturated heterocycles. The maximum absolute atomic E-state index is 13.4. The van der Waals surface area contributed by atoms with E-state index < -0.39 is 17.4 Å². The van der Waals surface area contributed by atoms with Gasteiger partial charge in [-0.15, -0.1) is 0 Å². The number of nitrogens with zero attached hydrogens (tertiary/aromatic N) is 2. The van der Waals surface area contributed by atoms with Crippen molar-refractivity contribution in [2.24, 2.45) is 0 Å². The van der Waals surface area contributed by atoms with Gasteiger partial charge < -0.3 is 30.1 Å². The Bertz CT molecular complexity index is 1210. The van der Waals surface area contributed by atoms with E-state index in [1.165, 1.54) is 5.56 Å². The maximum atomic E-state index is 13.4. The Morgan fingerprint density at radius 3 is 2.71 bits per heavy atom. The number of halogens is 1. The summed E-state index contributed by atoms with van der Waals surface area (Å²) in [4.78, 5) is 32.7. The number of carboxylic acids is 1. The van der Waals surface area contributed by atoms with Gasteiger partial charge in [0, 0.05) is 43.0 Å². The van der Waals surface area contributed by atoms with E-state index >= 15 is 0 Å². The van der Waals surface area contributed by atoms with Crippen LogP contribution in [0.15, 0.2) is 30.3 Å². The summed E-state index contributed by atoms with van der Waals surface area (Å²) in [6.07, 6.45) is 6.52. The molecular formula is C31H43ClN4O5. The Morgan fingerprint density at radius 2 is 2.00 bits per heavy atom. The Kier molecular flexibility index (Phi) is 10.9. The minimum Gasteiger partial charge on any atom is -0.496 e. The summed E-state index contributed by atoms with van der Waals surface area (Å²) in [5.74, 6) is 0.192. The number of anilines is 1. The molecule has 1 aromatic carbocycles. The number of hydrogen-bond donors (Lipinski definition) is 3. The van der Waals surface area contributed by atoms with Gasteiger partial charge in [0.2, 0.25) is 5.91 Å². The Hall–Kier alpha value is -2.88. The summed E-state index contributed by atoms with van der Waals surface area (Å²) in [6, 6.07) is 8.58. The van der Waals surface area contributed by atoms with Crippen LogP contribution in [-0.4, -0.2) is 79.4 Å². The number of methoxy groups -OCH3 is 2. The average Bonchev–Trinajstić information content (AvgIpc) is 3.78. The number of benzene rings is 1. The molecule has 1 fully saturated rings. The van der Waals surface area contributed by atoms with E-state index in [0.29, 0.717) is 42.3 Å². The van der Waals surface area contributed by atoms with Crippen molar-refractivity contribution in [2.75, 3.05) is 45.7 Å². The first-order valence-corrected chi connectivity index (χ1v) is 15.0. The number of unbranched alkanes of at least 4 members (excludes halogenated alkanes) is 1. The topological polar surface area (TPSA) is 113 Å². The summed E-state index contributed by atoms with van der Waals surface area (Å²) in [7, 11) is 3.22.